The minimum Gasteiger partial charge on any atom is -0.467 e. The number of carbonyl (C=O) groups is 1. The molecule has 0 aliphatic rings. The van der Waals surface area contributed by atoms with Crippen molar-refractivity contribution >= 4 is 17.7 Å². The Morgan fingerprint density at radius 1 is 1.37 bits per heavy atom. The SMILES string of the molecule is C=CCn1c(S[C@@H](C)C(=O)NCc2ccco2)nnc1-c1ccc(F)cc1. The number of amides is 1. The summed E-state index contributed by atoms with van der Waals surface area (Å²) in [5.74, 6) is 0.840. The second-order valence-corrected chi connectivity index (χ2v) is 7.08. The van der Waals surface area contributed by atoms with Gasteiger partial charge in [-0.15, -0.1) is 16.8 Å². The van der Waals surface area contributed by atoms with E-state index < -0.39 is 0 Å². The van der Waals surface area contributed by atoms with E-state index in [1.807, 2.05) is 4.57 Å². The fourth-order valence-electron chi connectivity index (χ4n) is 2.42. The maximum atomic E-state index is 13.2. The summed E-state index contributed by atoms with van der Waals surface area (Å²) in [4.78, 5) is 12.3. The molecule has 2 heterocycles. The average molecular weight is 386 g/mol. The van der Waals surface area contributed by atoms with E-state index in [-0.39, 0.29) is 17.0 Å². The fourth-order valence-corrected chi connectivity index (χ4v) is 3.31. The Balaban J connectivity index is 1.72. The Labute approximate surface area is 160 Å². The number of allylic oxidation sites excluding steroid dienone is 1. The Morgan fingerprint density at radius 2 is 2.15 bits per heavy atom. The number of furan rings is 1. The zero-order valence-electron chi connectivity index (χ0n) is 14.8. The van der Waals surface area contributed by atoms with Gasteiger partial charge in [0, 0.05) is 12.1 Å². The topological polar surface area (TPSA) is 73.0 Å². The molecule has 1 aromatic carbocycles. The second-order valence-electron chi connectivity index (χ2n) is 5.77. The Bertz CT molecular complexity index is 906. The highest BCUT2D eigenvalue weighted by molar-refractivity contribution is 8.00. The first-order valence-corrected chi connectivity index (χ1v) is 9.23. The van der Waals surface area contributed by atoms with Gasteiger partial charge in [-0.25, -0.2) is 4.39 Å². The first-order chi connectivity index (χ1) is 13.1. The van der Waals surface area contributed by atoms with Crippen LogP contribution in [0.2, 0.25) is 0 Å². The lowest BCUT2D eigenvalue weighted by Gasteiger charge is -2.12. The molecule has 1 atom stereocenters. The third kappa shape index (κ3) is 4.65. The van der Waals surface area contributed by atoms with Crippen molar-refractivity contribution in [3.8, 4) is 11.4 Å². The monoisotopic (exact) mass is 386 g/mol. The highest BCUT2D eigenvalue weighted by Crippen LogP contribution is 2.27. The molecule has 0 aliphatic carbocycles. The first-order valence-electron chi connectivity index (χ1n) is 8.35. The number of hydrogen-bond donors (Lipinski definition) is 1. The quantitative estimate of drug-likeness (QED) is 0.472. The average Bonchev–Trinajstić information content (AvgIpc) is 3.31. The third-order valence-electron chi connectivity index (χ3n) is 3.80. The second kappa shape index (κ2) is 8.68. The van der Waals surface area contributed by atoms with Gasteiger partial charge >= 0.3 is 0 Å². The smallest absolute Gasteiger partial charge is 0.233 e. The van der Waals surface area contributed by atoms with E-state index in [0.29, 0.717) is 29.8 Å². The van der Waals surface area contributed by atoms with Gasteiger partial charge in [0.05, 0.1) is 18.1 Å². The van der Waals surface area contributed by atoms with Crippen molar-refractivity contribution in [2.24, 2.45) is 0 Å². The predicted molar refractivity (Wildman–Crippen MR) is 101 cm³/mol. The molecule has 0 radical (unpaired) electrons. The van der Waals surface area contributed by atoms with Gasteiger partial charge in [0.2, 0.25) is 5.91 Å². The maximum absolute atomic E-state index is 13.2. The summed E-state index contributed by atoms with van der Waals surface area (Å²) >= 11 is 1.30. The van der Waals surface area contributed by atoms with Crippen molar-refractivity contribution in [3.63, 3.8) is 0 Å². The third-order valence-corrected chi connectivity index (χ3v) is 4.88. The van der Waals surface area contributed by atoms with E-state index in [1.165, 1.54) is 23.9 Å². The van der Waals surface area contributed by atoms with Crippen LogP contribution in [0.4, 0.5) is 4.39 Å². The number of halogens is 1. The van der Waals surface area contributed by atoms with Gasteiger partial charge in [0.25, 0.3) is 0 Å². The molecule has 8 heteroatoms. The van der Waals surface area contributed by atoms with E-state index in [4.69, 9.17) is 4.42 Å². The van der Waals surface area contributed by atoms with Crippen LogP contribution >= 0.6 is 11.8 Å². The summed E-state index contributed by atoms with van der Waals surface area (Å²) in [7, 11) is 0. The van der Waals surface area contributed by atoms with E-state index in [2.05, 4.69) is 22.1 Å². The molecule has 0 fully saturated rings. The van der Waals surface area contributed by atoms with Crippen LogP contribution in [0, 0.1) is 5.82 Å². The van der Waals surface area contributed by atoms with Crippen LogP contribution in [0.15, 0.2) is 64.9 Å². The zero-order chi connectivity index (χ0) is 19.2. The summed E-state index contributed by atoms with van der Waals surface area (Å²) in [6.45, 7) is 6.37. The van der Waals surface area contributed by atoms with Gasteiger partial charge in [0.1, 0.15) is 11.6 Å². The minimum absolute atomic E-state index is 0.132. The van der Waals surface area contributed by atoms with E-state index in [1.54, 1.807) is 43.5 Å². The molecule has 0 spiro atoms. The van der Waals surface area contributed by atoms with Gasteiger partial charge in [-0.05, 0) is 43.3 Å². The molecule has 0 aliphatic heterocycles. The van der Waals surface area contributed by atoms with Gasteiger partial charge in [-0.3, -0.25) is 9.36 Å². The van der Waals surface area contributed by atoms with Crippen molar-refractivity contribution in [1.29, 1.82) is 0 Å². The first kappa shape index (κ1) is 18.9. The summed E-state index contributed by atoms with van der Waals surface area (Å²) in [6.07, 6.45) is 3.29. The summed E-state index contributed by atoms with van der Waals surface area (Å²) in [5.41, 5.74) is 0.743. The number of nitrogens with one attached hydrogen (secondary N) is 1. The molecule has 2 aromatic heterocycles. The lowest BCUT2D eigenvalue weighted by atomic mass is 10.2. The molecule has 0 saturated carbocycles. The van der Waals surface area contributed by atoms with Crippen LogP contribution in [0.5, 0.6) is 0 Å². The molecular formula is C19H19FN4O2S. The normalized spacial score (nSPS) is 11.9. The van der Waals surface area contributed by atoms with Crippen LogP contribution in [-0.2, 0) is 17.9 Å². The molecule has 3 aromatic rings. The summed E-state index contributed by atoms with van der Waals surface area (Å²) in [6, 6.07) is 9.61. The van der Waals surface area contributed by atoms with Crippen LogP contribution in [-0.4, -0.2) is 25.9 Å². The number of rotatable bonds is 8. The maximum Gasteiger partial charge on any atom is 0.233 e. The Morgan fingerprint density at radius 3 is 2.81 bits per heavy atom. The van der Waals surface area contributed by atoms with E-state index >= 15 is 0 Å². The van der Waals surface area contributed by atoms with Crippen molar-refractivity contribution in [1.82, 2.24) is 20.1 Å². The number of carbonyl (C=O) groups excluding carboxylic acids is 1. The van der Waals surface area contributed by atoms with Crippen LogP contribution in [0.25, 0.3) is 11.4 Å². The van der Waals surface area contributed by atoms with Crippen LogP contribution < -0.4 is 5.32 Å². The molecule has 27 heavy (non-hydrogen) atoms. The molecule has 140 valence electrons. The highest BCUT2D eigenvalue weighted by Gasteiger charge is 2.20. The predicted octanol–water partition coefficient (Wildman–Crippen LogP) is 3.66. The van der Waals surface area contributed by atoms with Gasteiger partial charge in [-0.1, -0.05) is 17.8 Å². The molecule has 6 nitrogen and oxygen atoms in total. The molecule has 1 N–H and O–H groups in total. The summed E-state index contributed by atoms with van der Waals surface area (Å²) < 4.78 is 20.2. The zero-order valence-corrected chi connectivity index (χ0v) is 15.6. The van der Waals surface area contributed by atoms with Crippen molar-refractivity contribution in [3.05, 3.63) is 66.9 Å². The number of hydrogen-bond acceptors (Lipinski definition) is 5. The molecule has 1 amide bonds. The van der Waals surface area contributed by atoms with E-state index in [0.717, 1.165) is 5.56 Å². The van der Waals surface area contributed by atoms with Gasteiger partial charge in [0.15, 0.2) is 11.0 Å². The number of thioether (sulfide) groups is 1. The fraction of sp³-hybridized carbons (Fsp3) is 0.211. The number of nitrogens with zero attached hydrogens (tertiary/aromatic N) is 3. The Hall–Kier alpha value is -2.87. The number of benzene rings is 1. The minimum atomic E-state index is -0.381. The van der Waals surface area contributed by atoms with Crippen molar-refractivity contribution in [2.45, 2.75) is 30.4 Å². The van der Waals surface area contributed by atoms with Crippen LogP contribution in [0.3, 0.4) is 0 Å². The van der Waals surface area contributed by atoms with Crippen molar-refractivity contribution in [2.75, 3.05) is 0 Å². The molecular weight excluding hydrogens is 367 g/mol. The Kier molecular flexibility index (Phi) is 6.08. The highest BCUT2D eigenvalue weighted by atomic mass is 32.2. The lowest BCUT2D eigenvalue weighted by molar-refractivity contribution is -0.120. The van der Waals surface area contributed by atoms with E-state index in [9.17, 15) is 9.18 Å². The molecule has 0 unspecified atom stereocenters. The lowest BCUT2D eigenvalue weighted by Crippen LogP contribution is -2.30. The summed E-state index contributed by atoms with van der Waals surface area (Å²) in [5, 5.41) is 11.5. The van der Waals surface area contributed by atoms with Crippen LogP contribution in [0.1, 0.15) is 12.7 Å². The number of aromatic nitrogens is 3. The van der Waals surface area contributed by atoms with Crippen molar-refractivity contribution < 1.29 is 13.6 Å². The van der Waals surface area contributed by atoms with Gasteiger partial charge < -0.3 is 9.73 Å². The molecule has 0 bridgehead atoms. The van der Waals surface area contributed by atoms with Gasteiger partial charge in [-0.2, -0.15) is 0 Å². The standard InChI is InChI=1S/C19H19FN4O2S/c1-3-10-24-17(14-6-8-15(20)9-7-14)22-23-19(24)27-13(2)18(25)21-12-16-5-4-11-26-16/h3-9,11,13H,1,10,12H2,2H3,(H,21,25)/t13-/m0/s1. The molecule has 0 saturated heterocycles. The largest absolute Gasteiger partial charge is 0.467 e. The molecule has 3 rings (SSSR count).